The summed E-state index contributed by atoms with van der Waals surface area (Å²) < 4.78 is 5.68. The fourth-order valence-corrected chi connectivity index (χ4v) is 2.07. The maximum atomic E-state index is 11.4. The first kappa shape index (κ1) is 18.5. The highest BCUT2D eigenvalue weighted by Crippen LogP contribution is 2.18. The van der Waals surface area contributed by atoms with E-state index in [9.17, 15) is 9.59 Å². The lowest BCUT2D eigenvalue weighted by Crippen LogP contribution is -2.37. The van der Waals surface area contributed by atoms with Gasteiger partial charge in [0.15, 0.2) is 0 Å². The molecule has 130 valence electrons. The van der Waals surface area contributed by atoms with E-state index in [-0.39, 0.29) is 0 Å². The van der Waals surface area contributed by atoms with Crippen LogP contribution in [0.2, 0.25) is 5.02 Å². The van der Waals surface area contributed by atoms with Gasteiger partial charge in [-0.25, -0.2) is 5.43 Å². The molecule has 0 saturated carbocycles. The van der Waals surface area contributed by atoms with E-state index < -0.39 is 11.8 Å². The molecule has 6 nitrogen and oxygen atoms in total. The predicted octanol–water partition coefficient (Wildman–Crippen LogP) is 2.51. The topological polar surface area (TPSA) is 79.8 Å². The molecule has 0 bridgehead atoms. The number of hydrazone groups is 1. The monoisotopic (exact) mass is 359 g/mol. The zero-order chi connectivity index (χ0) is 18.1. The predicted molar refractivity (Wildman–Crippen MR) is 96.6 cm³/mol. The molecule has 0 unspecified atom stereocenters. The number of carbonyl (C=O) groups is 2. The minimum absolute atomic E-state index is 0.371. The molecular formula is C18H18ClN3O3. The van der Waals surface area contributed by atoms with Crippen molar-refractivity contribution in [3.8, 4) is 5.75 Å². The van der Waals surface area contributed by atoms with E-state index in [1.54, 1.807) is 31.2 Å². The van der Waals surface area contributed by atoms with Crippen molar-refractivity contribution in [3.63, 3.8) is 0 Å². The molecule has 2 aromatic carbocycles. The Morgan fingerprint density at radius 1 is 1.12 bits per heavy atom. The first-order chi connectivity index (χ1) is 12.1. The summed E-state index contributed by atoms with van der Waals surface area (Å²) in [7, 11) is 0. The highest BCUT2D eigenvalue weighted by atomic mass is 35.5. The molecule has 0 saturated heterocycles. The number of likely N-dealkylation sites (N-methyl/N-ethyl adjacent to an activating group) is 1. The van der Waals surface area contributed by atoms with Gasteiger partial charge >= 0.3 is 11.8 Å². The average molecular weight is 360 g/mol. The van der Waals surface area contributed by atoms with E-state index in [0.717, 1.165) is 11.1 Å². The Balaban J connectivity index is 1.85. The minimum Gasteiger partial charge on any atom is -0.489 e. The number of halogens is 1. The first-order valence-corrected chi connectivity index (χ1v) is 8.05. The fraction of sp³-hybridized carbons (Fsp3) is 0.167. The number of ether oxygens (including phenoxy) is 1. The molecule has 0 radical (unpaired) electrons. The normalized spacial score (nSPS) is 10.5. The van der Waals surface area contributed by atoms with Crippen LogP contribution in [0, 0.1) is 0 Å². The first-order valence-electron chi connectivity index (χ1n) is 7.67. The molecule has 0 fully saturated rings. The van der Waals surface area contributed by atoms with Crippen molar-refractivity contribution in [1.29, 1.82) is 0 Å². The number of hydrogen-bond acceptors (Lipinski definition) is 4. The van der Waals surface area contributed by atoms with E-state index in [1.807, 2.05) is 24.3 Å². The summed E-state index contributed by atoms with van der Waals surface area (Å²) in [5, 5.41) is 6.78. The van der Waals surface area contributed by atoms with Crippen molar-refractivity contribution >= 4 is 29.6 Å². The lowest BCUT2D eigenvalue weighted by atomic mass is 10.2. The standard InChI is InChI=1S/C18H18ClN3O3/c1-2-20-17(23)18(24)22-21-11-13-7-9-15(10-8-13)25-12-14-5-3-4-6-16(14)19/h3-11H,2,12H2,1H3,(H,20,23)(H,22,24)/b21-11+. The van der Waals surface area contributed by atoms with E-state index >= 15 is 0 Å². The molecule has 2 N–H and O–H groups in total. The van der Waals surface area contributed by atoms with Crippen molar-refractivity contribution in [1.82, 2.24) is 10.7 Å². The Labute approximate surface area is 150 Å². The van der Waals surface area contributed by atoms with Crippen LogP contribution in [-0.4, -0.2) is 24.6 Å². The third-order valence-electron chi connectivity index (χ3n) is 3.16. The van der Waals surface area contributed by atoms with Gasteiger partial charge in [0.2, 0.25) is 0 Å². The van der Waals surface area contributed by atoms with Crippen LogP contribution in [0.15, 0.2) is 53.6 Å². The molecule has 0 aromatic heterocycles. The lowest BCUT2D eigenvalue weighted by molar-refractivity contribution is -0.139. The molecule has 0 aliphatic rings. The molecule has 0 heterocycles. The van der Waals surface area contributed by atoms with Crippen LogP contribution in [0.5, 0.6) is 5.75 Å². The van der Waals surface area contributed by atoms with Gasteiger partial charge in [-0.3, -0.25) is 9.59 Å². The number of carbonyl (C=O) groups excluding carboxylic acids is 2. The summed E-state index contributed by atoms with van der Waals surface area (Å²) in [5.74, 6) is -0.843. The van der Waals surface area contributed by atoms with Gasteiger partial charge < -0.3 is 10.1 Å². The zero-order valence-corrected chi connectivity index (χ0v) is 14.4. The van der Waals surface area contributed by atoms with Gasteiger partial charge in [-0.2, -0.15) is 5.10 Å². The Kier molecular flexibility index (Phi) is 6.98. The molecule has 25 heavy (non-hydrogen) atoms. The lowest BCUT2D eigenvalue weighted by Gasteiger charge is -2.07. The van der Waals surface area contributed by atoms with Gasteiger partial charge in [0.25, 0.3) is 0 Å². The van der Waals surface area contributed by atoms with E-state index in [0.29, 0.717) is 23.9 Å². The van der Waals surface area contributed by atoms with Crippen molar-refractivity contribution in [2.75, 3.05) is 6.54 Å². The Hall–Kier alpha value is -2.86. The average Bonchev–Trinajstić information content (AvgIpc) is 2.62. The molecule has 2 rings (SSSR count). The maximum Gasteiger partial charge on any atom is 0.329 e. The molecular weight excluding hydrogens is 342 g/mol. The second kappa shape index (κ2) is 9.44. The minimum atomic E-state index is -0.808. The van der Waals surface area contributed by atoms with Crippen LogP contribution in [-0.2, 0) is 16.2 Å². The van der Waals surface area contributed by atoms with Crippen LogP contribution in [0.1, 0.15) is 18.1 Å². The smallest absolute Gasteiger partial charge is 0.329 e. The molecule has 7 heteroatoms. The van der Waals surface area contributed by atoms with Gasteiger partial charge in [-0.05, 0) is 42.8 Å². The van der Waals surface area contributed by atoms with Crippen LogP contribution < -0.4 is 15.5 Å². The Bertz CT molecular complexity index is 760. The molecule has 2 amide bonds. The second-order valence-electron chi connectivity index (χ2n) is 5.01. The summed E-state index contributed by atoms with van der Waals surface area (Å²) in [6, 6.07) is 14.6. The number of amides is 2. The maximum absolute atomic E-state index is 11.4. The fourth-order valence-electron chi connectivity index (χ4n) is 1.88. The summed E-state index contributed by atoms with van der Waals surface area (Å²) in [6.07, 6.45) is 1.44. The van der Waals surface area contributed by atoms with Crippen molar-refractivity contribution in [2.45, 2.75) is 13.5 Å². The van der Waals surface area contributed by atoms with Gasteiger partial charge in [-0.1, -0.05) is 29.8 Å². The largest absolute Gasteiger partial charge is 0.489 e. The highest BCUT2D eigenvalue weighted by molar-refractivity contribution is 6.35. The van der Waals surface area contributed by atoms with Crippen molar-refractivity contribution in [3.05, 3.63) is 64.7 Å². The Morgan fingerprint density at radius 3 is 2.52 bits per heavy atom. The van der Waals surface area contributed by atoms with Crippen molar-refractivity contribution in [2.24, 2.45) is 5.10 Å². The summed E-state index contributed by atoms with van der Waals surface area (Å²) in [5.41, 5.74) is 3.81. The molecule has 0 aliphatic heterocycles. The zero-order valence-electron chi connectivity index (χ0n) is 13.7. The molecule has 0 spiro atoms. The van der Waals surface area contributed by atoms with Crippen LogP contribution in [0.4, 0.5) is 0 Å². The van der Waals surface area contributed by atoms with E-state index in [4.69, 9.17) is 16.3 Å². The number of rotatable bonds is 6. The van der Waals surface area contributed by atoms with Crippen LogP contribution in [0.25, 0.3) is 0 Å². The third-order valence-corrected chi connectivity index (χ3v) is 3.52. The highest BCUT2D eigenvalue weighted by Gasteiger charge is 2.10. The van der Waals surface area contributed by atoms with Gasteiger partial charge in [-0.15, -0.1) is 0 Å². The van der Waals surface area contributed by atoms with Gasteiger partial charge in [0.1, 0.15) is 12.4 Å². The second-order valence-corrected chi connectivity index (χ2v) is 5.41. The van der Waals surface area contributed by atoms with Crippen LogP contribution in [0.3, 0.4) is 0 Å². The van der Waals surface area contributed by atoms with Crippen LogP contribution >= 0.6 is 11.6 Å². The van der Waals surface area contributed by atoms with Gasteiger partial charge in [0.05, 0.1) is 6.21 Å². The number of nitrogens with one attached hydrogen (secondary N) is 2. The quantitative estimate of drug-likeness (QED) is 0.472. The summed E-state index contributed by atoms with van der Waals surface area (Å²) in [4.78, 5) is 22.6. The SMILES string of the molecule is CCNC(=O)C(=O)N/N=C/c1ccc(OCc2ccccc2Cl)cc1. The Morgan fingerprint density at radius 2 is 1.84 bits per heavy atom. The van der Waals surface area contributed by atoms with Crippen molar-refractivity contribution < 1.29 is 14.3 Å². The summed E-state index contributed by atoms with van der Waals surface area (Å²) in [6.45, 7) is 2.48. The molecule has 0 atom stereocenters. The van der Waals surface area contributed by atoms with E-state index in [1.165, 1.54) is 6.21 Å². The number of benzene rings is 2. The third kappa shape index (κ3) is 5.93. The number of hydrogen-bond donors (Lipinski definition) is 2. The molecule has 2 aromatic rings. The summed E-state index contributed by atoms with van der Waals surface area (Å²) >= 11 is 6.08. The molecule has 0 aliphatic carbocycles. The van der Waals surface area contributed by atoms with Gasteiger partial charge in [0, 0.05) is 17.1 Å². The van der Waals surface area contributed by atoms with E-state index in [2.05, 4.69) is 15.8 Å². The number of nitrogens with zero attached hydrogens (tertiary/aromatic N) is 1.